The Bertz CT molecular complexity index is 718. The summed E-state index contributed by atoms with van der Waals surface area (Å²) < 4.78 is 1.05. The summed E-state index contributed by atoms with van der Waals surface area (Å²) in [6.45, 7) is 1.05. The number of imide groups is 1. The van der Waals surface area contributed by atoms with Crippen molar-refractivity contribution >= 4 is 33.8 Å². The molecule has 3 rings (SSSR count). The Balaban J connectivity index is 1.46. The van der Waals surface area contributed by atoms with Crippen molar-refractivity contribution in [3.63, 3.8) is 0 Å². The van der Waals surface area contributed by atoms with Gasteiger partial charge in [0, 0.05) is 36.4 Å². The van der Waals surface area contributed by atoms with Gasteiger partial charge in [0.05, 0.1) is 0 Å². The van der Waals surface area contributed by atoms with E-state index in [9.17, 15) is 14.4 Å². The van der Waals surface area contributed by atoms with E-state index in [-0.39, 0.29) is 29.8 Å². The van der Waals surface area contributed by atoms with Crippen LogP contribution >= 0.6 is 15.9 Å². The molecule has 1 aromatic rings. The Morgan fingerprint density at radius 3 is 2.65 bits per heavy atom. The Morgan fingerprint density at radius 1 is 1.31 bits per heavy atom. The van der Waals surface area contributed by atoms with Crippen LogP contribution in [0.4, 0.5) is 4.79 Å². The van der Waals surface area contributed by atoms with Crippen molar-refractivity contribution in [1.82, 2.24) is 15.1 Å². The molecule has 4 amide bonds. The molecule has 1 aliphatic heterocycles. The van der Waals surface area contributed by atoms with Crippen molar-refractivity contribution in [3.8, 4) is 0 Å². The minimum Gasteiger partial charge on any atom is -0.355 e. The number of nitrogens with zero attached hydrogens (tertiary/aromatic N) is 2. The van der Waals surface area contributed by atoms with Gasteiger partial charge in [0.15, 0.2) is 0 Å². The standard InChI is InChI=1S/C19H24BrN3O3/c1-22-12-17(25)23(18(22)26)10-3-7-16(24)21-13-19(8-4-9-19)14-5-2-6-15(20)11-14/h2,5-6,11H,3-4,7-10,12-13H2,1H3,(H,21,24). The molecule has 0 spiro atoms. The summed E-state index contributed by atoms with van der Waals surface area (Å²) in [5.74, 6) is -0.222. The quantitative estimate of drug-likeness (QED) is 0.687. The van der Waals surface area contributed by atoms with Gasteiger partial charge >= 0.3 is 6.03 Å². The van der Waals surface area contributed by atoms with Crippen molar-refractivity contribution in [1.29, 1.82) is 0 Å². The number of hydrogen-bond donors (Lipinski definition) is 1. The summed E-state index contributed by atoms with van der Waals surface area (Å²) >= 11 is 3.52. The highest BCUT2D eigenvalue weighted by atomic mass is 79.9. The molecule has 0 radical (unpaired) electrons. The normalized spacial score (nSPS) is 18.8. The van der Waals surface area contributed by atoms with Crippen LogP contribution < -0.4 is 5.32 Å². The summed E-state index contributed by atoms with van der Waals surface area (Å²) in [4.78, 5) is 38.3. The van der Waals surface area contributed by atoms with Gasteiger partial charge in [0.2, 0.25) is 11.8 Å². The molecule has 1 N–H and O–H groups in total. The molecule has 2 fully saturated rings. The van der Waals surface area contributed by atoms with Gasteiger partial charge in [-0.3, -0.25) is 14.5 Å². The van der Waals surface area contributed by atoms with Crippen LogP contribution in [0.3, 0.4) is 0 Å². The number of nitrogens with one attached hydrogen (secondary N) is 1. The minimum absolute atomic E-state index is 0.0290. The molecule has 7 heteroatoms. The highest BCUT2D eigenvalue weighted by molar-refractivity contribution is 9.10. The van der Waals surface area contributed by atoms with Gasteiger partial charge in [0.1, 0.15) is 6.54 Å². The summed E-state index contributed by atoms with van der Waals surface area (Å²) in [7, 11) is 1.60. The number of carbonyl (C=O) groups is 3. The highest BCUT2D eigenvalue weighted by Crippen LogP contribution is 2.43. The molecule has 1 aromatic carbocycles. The summed E-state index contributed by atoms with van der Waals surface area (Å²) in [5, 5.41) is 3.05. The fourth-order valence-electron chi connectivity index (χ4n) is 3.63. The van der Waals surface area contributed by atoms with E-state index >= 15 is 0 Å². The molecule has 1 heterocycles. The van der Waals surface area contributed by atoms with E-state index < -0.39 is 0 Å². The smallest absolute Gasteiger partial charge is 0.326 e. The first-order valence-corrected chi connectivity index (χ1v) is 9.79. The monoisotopic (exact) mass is 421 g/mol. The first-order chi connectivity index (χ1) is 12.4. The third kappa shape index (κ3) is 3.92. The molecule has 0 atom stereocenters. The van der Waals surface area contributed by atoms with Crippen LogP contribution in [-0.2, 0) is 15.0 Å². The number of urea groups is 1. The number of likely N-dealkylation sites (N-methyl/N-ethyl adjacent to an activating group) is 1. The lowest BCUT2D eigenvalue weighted by Crippen LogP contribution is -2.45. The maximum Gasteiger partial charge on any atom is 0.326 e. The number of hydrogen-bond acceptors (Lipinski definition) is 3. The van der Waals surface area contributed by atoms with Gasteiger partial charge in [0.25, 0.3) is 0 Å². The average Bonchev–Trinajstić information content (AvgIpc) is 2.80. The third-order valence-electron chi connectivity index (χ3n) is 5.39. The summed E-state index contributed by atoms with van der Waals surface area (Å²) in [6.07, 6.45) is 4.13. The number of carbonyl (C=O) groups excluding carboxylic acids is 3. The van der Waals surface area contributed by atoms with Gasteiger partial charge < -0.3 is 10.2 Å². The Hall–Kier alpha value is -1.89. The van der Waals surface area contributed by atoms with Crippen molar-refractivity contribution in [2.45, 2.75) is 37.5 Å². The molecule has 2 aliphatic rings. The number of amides is 4. The van der Waals surface area contributed by atoms with E-state index in [0.29, 0.717) is 25.9 Å². The summed E-state index contributed by atoms with van der Waals surface area (Å²) in [5.41, 5.74) is 1.29. The zero-order valence-corrected chi connectivity index (χ0v) is 16.5. The van der Waals surface area contributed by atoms with E-state index in [0.717, 1.165) is 17.3 Å². The lowest BCUT2D eigenvalue weighted by molar-refractivity contribution is -0.126. The average molecular weight is 422 g/mol. The van der Waals surface area contributed by atoms with E-state index in [1.54, 1.807) is 7.05 Å². The molecule has 1 aliphatic carbocycles. The van der Waals surface area contributed by atoms with Crippen LogP contribution in [0.1, 0.15) is 37.7 Å². The second-order valence-electron chi connectivity index (χ2n) is 7.21. The van der Waals surface area contributed by atoms with Gasteiger partial charge in [-0.1, -0.05) is 34.5 Å². The van der Waals surface area contributed by atoms with E-state index in [1.807, 2.05) is 12.1 Å². The molecular weight excluding hydrogens is 398 g/mol. The van der Waals surface area contributed by atoms with Gasteiger partial charge in [-0.15, -0.1) is 0 Å². The molecule has 0 aromatic heterocycles. The van der Waals surface area contributed by atoms with Gasteiger partial charge in [-0.2, -0.15) is 0 Å². The second kappa shape index (κ2) is 7.78. The van der Waals surface area contributed by atoms with Crippen LogP contribution in [0.2, 0.25) is 0 Å². The molecule has 0 bridgehead atoms. The predicted octanol–water partition coefficient (Wildman–Crippen LogP) is 2.66. The fourth-order valence-corrected chi connectivity index (χ4v) is 4.03. The maximum absolute atomic E-state index is 12.2. The van der Waals surface area contributed by atoms with Crippen molar-refractivity contribution in [2.75, 3.05) is 26.7 Å². The lowest BCUT2D eigenvalue weighted by atomic mass is 9.64. The van der Waals surface area contributed by atoms with Crippen LogP contribution in [0.15, 0.2) is 28.7 Å². The molecule has 1 saturated heterocycles. The molecule has 0 unspecified atom stereocenters. The van der Waals surface area contributed by atoms with Crippen molar-refractivity contribution in [2.24, 2.45) is 0 Å². The van der Waals surface area contributed by atoms with E-state index in [4.69, 9.17) is 0 Å². The van der Waals surface area contributed by atoms with Crippen LogP contribution in [-0.4, -0.2) is 54.3 Å². The number of benzene rings is 1. The topological polar surface area (TPSA) is 69.7 Å². The van der Waals surface area contributed by atoms with Gasteiger partial charge in [-0.25, -0.2) is 4.79 Å². The Kier molecular flexibility index (Phi) is 5.65. The molecule has 6 nitrogen and oxygen atoms in total. The van der Waals surface area contributed by atoms with Gasteiger partial charge in [-0.05, 0) is 37.0 Å². The number of rotatable bonds is 7. The lowest BCUT2D eigenvalue weighted by Gasteiger charge is -2.42. The fraction of sp³-hybridized carbons (Fsp3) is 0.526. The second-order valence-corrected chi connectivity index (χ2v) is 8.12. The third-order valence-corrected chi connectivity index (χ3v) is 5.88. The first kappa shape index (κ1) is 18.9. The van der Waals surface area contributed by atoms with Crippen LogP contribution in [0.25, 0.3) is 0 Å². The van der Waals surface area contributed by atoms with Crippen LogP contribution in [0.5, 0.6) is 0 Å². The Morgan fingerprint density at radius 2 is 2.08 bits per heavy atom. The molecular formula is C19H24BrN3O3. The van der Waals surface area contributed by atoms with Crippen molar-refractivity contribution in [3.05, 3.63) is 34.3 Å². The molecule has 1 saturated carbocycles. The Labute approximate surface area is 162 Å². The molecule has 140 valence electrons. The first-order valence-electron chi connectivity index (χ1n) is 8.99. The maximum atomic E-state index is 12.2. The van der Waals surface area contributed by atoms with Crippen LogP contribution in [0, 0.1) is 0 Å². The predicted molar refractivity (Wildman–Crippen MR) is 102 cm³/mol. The van der Waals surface area contributed by atoms with Crippen molar-refractivity contribution < 1.29 is 14.4 Å². The highest BCUT2D eigenvalue weighted by Gasteiger charge is 2.39. The number of halogens is 1. The summed E-state index contributed by atoms with van der Waals surface area (Å²) in [6, 6.07) is 8.01. The van der Waals surface area contributed by atoms with E-state index in [1.165, 1.54) is 21.8 Å². The SMILES string of the molecule is CN1CC(=O)N(CCCC(=O)NCC2(c3cccc(Br)c3)CCC2)C1=O. The molecule has 26 heavy (non-hydrogen) atoms. The zero-order chi connectivity index (χ0) is 18.7. The zero-order valence-electron chi connectivity index (χ0n) is 15.0. The minimum atomic E-state index is -0.279. The largest absolute Gasteiger partial charge is 0.355 e. The van der Waals surface area contributed by atoms with E-state index in [2.05, 4.69) is 33.4 Å².